The van der Waals surface area contributed by atoms with Gasteiger partial charge in [0.15, 0.2) is 0 Å². The molecule has 1 aromatic rings. The number of hydrogen-bond acceptors (Lipinski definition) is 2. The summed E-state index contributed by atoms with van der Waals surface area (Å²) in [5.41, 5.74) is -1.66. The van der Waals surface area contributed by atoms with Crippen LogP contribution in [0.25, 0.3) is 0 Å². The summed E-state index contributed by atoms with van der Waals surface area (Å²) < 4.78 is 38.3. The minimum absolute atomic E-state index is 0.175. The number of aliphatic hydroxyl groups is 1. The van der Waals surface area contributed by atoms with Crippen LogP contribution < -0.4 is 0 Å². The highest BCUT2D eigenvalue weighted by Crippen LogP contribution is 2.37. The van der Waals surface area contributed by atoms with Crippen LogP contribution in [0.2, 0.25) is 0 Å². The Kier molecular flexibility index (Phi) is 5.21. The maximum atomic E-state index is 12.8. The zero-order valence-electron chi connectivity index (χ0n) is 12.3. The van der Waals surface area contributed by atoms with Gasteiger partial charge in [0.1, 0.15) is 0 Å². The normalized spacial score (nSPS) is 17.1. The second-order valence-electron chi connectivity index (χ2n) is 5.52. The first-order chi connectivity index (χ1) is 9.11. The molecule has 0 aliphatic rings. The molecule has 20 heavy (non-hydrogen) atoms. The molecule has 0 fully saturated rings. The van der Waals surface area contributed by atoms with E-state index in [0.717, 1.165) is 12.1 Å². The zero-order chi connectivity index (χ0) is 15.6. The van der Waals surface area contributed by atoms with Gasteiger partial charge in [-0.15, -0.1) is 0 Å². The van der Waals surface area contributed by atoms with Gasteiger partial charge in [0.05, 0.1) is 11.2 Å². The highest BCUT2D eigenvalue weighted by Gasteiger charge is 2.37. The molecular formula is C15H22F3NO. The SMILES string of the molecule is CCC(O)(c1cccc(C(F)(F)F)c1)[C@H](C)CN(C)C. The molecule has 0 aliphatic heterocycles. The van der Waals surface area contributed by atoms with Crippen molar-refractivity contribution >= 4 is 0 Å². The van der Waals surface area contributed by atoms with E-state index in [0.29, 0.717) is 18.5 Å². The number of benzene rings is 1. The molecule has 114 valence electrons. The highest BCUT2D eigenvalue weighted by molar-refractivity contribution is 5.30. The number of rotatable bonds is 5. The van der Waals surface area contributed by atoms with Gasteiger partial charge in [-0.2, -0.15) is 13.2 Å². The Morgan fingerprint density at radius 3 is 2.20 bits per heavy atom. The summed E-state index contributed by atoms with van der Waals surface area (Å²) in [5, 5.41) is 10.8. The van der Waals surface area contributed by atoms with Gasteiger partial charge < -0.3 is 10.0 Å². The first-order valence-corrected chi connectivity index (χ1v) is 6.66. The molecule has 0 aromatic heterocycles. The molecule has 1 aromatic carbocycles. The second kappa shape index (κ2) is 6.14. The molecule has 0 aliphatic carbocycles. The third-order valence-corrected chi connectivity index (χ3v) is 3.68. The van der Waals surface area contributed by atoms with E-state index in [-0.39, 0.29) is 5.92 Å². The van der Waals surface area contributed by atoms with E-state index in [2.05, 4.69) is 0 Å². The van der Waals surface area contributed by atoms with Crippen molar-refractivity contribution in [3.8, 4) is 0 Å². The number of nitrogens with zero attached hydrogens (tertiary/aromatic N) is 1. The average molecular weight is 289 g/mol. The van der Waals surface area contributed by atoms with E-state index < -0.39 is 17.3 Å². The lowest BCUT2D eigenvalue weighted by molar-refractivity contribution is -0.137. The molecule has 0 bridgehead atoms. The Morgan fingerprint density at radius 1 is 1.20 bits per heavy atom. The minimum Gasteiger partial charge on any atom is -0.385 e. The summed E-state index contributed by atoms with van der Waals surface area (Å²) in [6.07, 6.45) is -4.03. The van der Waals surface area contributed by atoms with Crippen molar-refractivity contribution in [1.82, 2.24) is 4.90 Å². The third kappa shape index (κ3) is 3.73. The van der Waals surface area contributed by atoms with E-state index in [4.69, 9.17) is 0 Å². The fourth-order valence-electron chi connectivity index (χ4n) is 2.50. The van der Waals surface area contributed by atoms with Gasteiger partial charge >= 0.3 is 6.18 Å². The molecule has 1 N–H and O–H groups in total. The average Bonchev–Trinajstić information content (AvgIpc) is 2.36. The van der Waals surface area contributed by atoms with Gasteiger partial charge in [0, 0.05) is 12.5 Å². The van der Waals surface area contributed by atoms with Gasteiger partial charge in [-0.25, -0.2) is 0 Å². The van der Waals surface area contributed by atoms with E-state index >= 15 is 0 Å². The molecule has 0 heterocycles. The predicted octanol–water partition coefficient (Wildman–Crippen LogP) is 3.50. The second-order valence-corrected chi connectivity index (χ2v) is 5.52. The van der Waals surface area contributed by atoms with Crippen LogP contribution in [0.5, 0.6) is 0 Å². The molecule has 0 amide bonds. The van der Waals surface area contributed by atoms with Crippen LogP contribution in [0, 0.1) is 5.92 Å². The summed E-state index contributed by atoms with van der Waals surface area (Å²) in [5.74, 6) is -0.175. The van der Waals surface area contributed by atoms with Crippen molar-refractivity contribution in [2.24, 2.45) is 5.92 Å². The van der Waals surface area contributed by atoms with Crippen molar-refractivity contribution in [2.75, 3.05) is 20.6 Å². The number of hydrogen-bond donors (Lipinski definition) is 1. The Hall–Kier alpha value is -1.07. The molecule has 0 saturated carbocycles. The van der Waals surface area contributed by atoms with Crippen LogP contribution in [0.4, 0.5) is 13.2 Å². The van der Waals surface area contributed by atoms with Gasteiger partial charge in [0.2, 0.25) is 0 Å². The van der Waals surface area contributed by atoms with Crippen LogP contribution in [-0.2, 0) is 11.8 Å². The summed E-state index contributed by atoms with van der Waals surface area (Å²) in [6, 6.07) is 4.98. The Morgan fingerprint density at radius 2 is 1.75 bits per heavy atom. The lowest BCUT2D eigenvalue weighted by atomic mass is 9.79. The molecule has 0 saturated heterocycles. The standard InChI is InChI=1S/C15H22F3NO/c1-5-14(20,11(2)10-19(3)4)12-7-6-8-13(9-12)15(16,17)18/h6-9,11,20H,5,10H2,1-4H3/t11-,14?/m1/s1. The summed E-state index contributed by atoms with van der Waals surface area (Å²) in [6.45, 7) is 4.23. The summed E-state index contributed by atoms with van der Waals surface area (Å²) >= 11 is 0. The maximum Gasteiger partial charge on any atom is 0.416 e. The van der Waals surface area contributed by atoms with E-state index in [9.17, 15) is 18.3 Å². The van der Waals surface area contributed by atoms with Crippen LogP contribution >= 0.6 is 0 Å². The number of alkyl halides is 3. The smallest absolute Gasteiger partial charge is 0.385 e. The summed E-state index contributed by atoms with van der Waals surface area (Å²) in [7, 11) is 3.75. The zero-order valence-corrected chi connectivity index (χ0v) is 12.3. The molecule has 0 spiro atoms. The monoisotopic (exact) mass is 289 g/mol. The number of halogens is 3. The van der Waals surface area contributed by atoms with Gasteiger partial charge in [-0.05, 0) is 38.2 Å². The van der Waals surface area contributed by atoms with Crippen molar-refractivity contribution in [3.05, 3.63) is 35.4 Å². The fraction of sp³-hybridized carbons (Fsp3) is 0.600. The topological polar surface area (TPSA) is 23.5 Å². The van der Waals surface area contributed by atoms with Gasteiger partial charge in [0.25, 0.3) is 0 Å². The molecule has 1 unspecified atom stereocenters. The Labute approximate surface area is 118 Å². The molecule has 0 radical (unpaired) electrons. The van der Waals surface area contributed by atoms with E-state index in [1.807, 2.05) is 25.9 Å². The fourth-order valence-corrected chi connectivity index (χ4v) is 2.50. The maximum absolute atomic E-state index is 12.8. The van der Waals surface area contributed by atoms with Crippen molar-refractivity contribution in [2.45, 2.75) is 32.0 Å². The molecule has 5 heteroatoms. The Bertz CT molecular complexity index is 445. The molecule has 1 rings (SSSR count). The van der Waals surface area contributed by atoms with Gasteiger partial charge in [-0.1, -0.05) is 26.0 Å². The van der Waals surface area contributed by atoms with Crippen LogP contribution in [0.15, 0.2) is 24.3 Å². The van der Waals surface area contributed by atoms with Gasteiger partial charge in [-0.3, -0.25) is 0 Å². The van der Waals surface area contributed by atoms with E-state index in [1.165, 1.54) is 6.07 Å². The van der Waals surface area contributed by atoms with Crippen molar-refractivity contribution in [1.29, 1.82) is 0 Å². The molecule has 2 atom stereocenters. The first kappa shape index (κ1) is 17.0. The Balaban J connectivity index is 3.17. The van der Waals surface area contributed by atoms with Crippen molar-refractivity contribution in [3.63, 3.8) is 0 Å². The molecular weight excluding hydrogens is 267 g/mol. The van der Waals surface area contributed by atoms with Crippen LogP contribution in [-0.4, -0.2) is 30.6 Å². The predicted molar refractivity (Wildman–Crippen MR) is 73.3 cm³/mol. The lowest BCUT2D eigenvalue weighted by Gasteiger charge is -2.35. The van der Waals surface area contributed by atoms with E-state index in [1.54, 1.807) is 13.0 Å². The molecule has 2 nitrogen and oxygen atoms in total. The minimum atomic E-state index is -4.39. The first-order valence-electron chi connectivity index (χ1n) is 6.66. The van der Waals surface area contributed by atoms with Crippen LogP contribution in [0.3, 0.4) is 0 Å². The highest BCUT2D eigenvalue weighted by atomic mass is 19.4. The van der Waals surface area contributed by atoms with Crippen LogP contribution in [0.1, 0.15) is 31.4 Å². The largest absolute Gasteiger partial charge is 0.416 e. The van der Waals surface area contributed by atoms with Crippen molar-refractivity contribution < 1.29 is 18.3 Å². The third-order valence-electron chi connectivity index (χ3n) is 3.68. The lowest BCUT2D eigenvalue weighted by Crippen LogP contribution is -2.38. The quantitative estimate of drug-likeness (QED) is 0.896. The summed E-state index contributed by atoms with van der Waals surface area (Å²) in [4.78, 5) is 1.92.